The fourth-order valence-corrected chi connectivity index (χ4v) is 2.53. The number of nitrogens with two attached hydrogens (primary N) is 1. The Morgan fingerprint density at radius 1 is 1.29 bits per heavy atom. The lowest BCUT2D eigenvalue weighted by Gasteiger charge is -2.38. The van der Waals surface area contributed by atoms with Gasteiger partial charge in [-0.2, -0.15) is 0 Å². The molecule has 0 heterocycles. The number of amides is 1. The largest absolute Gasteiger partial charge is 0.409 e. The minimum absolute atomic E-state index is 0.00226. The smallest absolute Gasteiger partial charge is 0.238 e. The molecule has 1 aliphatic rings. The Morgan fingerprint density at radius 2 is 1.86 bits per heavy atom. The van der Waals surface area contributed by atoms with Gasteiger partial charge in [0, 0.05) is 5.69 Å². The Kier molecular flexibility index (Phi) is 3.94. The molecule has 0 saturated heterocycles. The SMILES string of the molecule is CC(C)(C)c1ccc(NC(=O)C2(/C(N)=N/O)CCC2)cc1. The first-order valence-corrected chi connectivity index (χ1v) is 7.19. The van der Waals surface area contributed by atoms with Crippen LogP contribution >= 0.6 is 0 Å². The van der Waals surface area contributed by atoms with Gasteiger partial charge in [-0.15, -0.1) is 0 Å². The van der Waals surface area contributed by atoms with E-state index in [-0.39, 0.29) is 17.2 Å². The van der Waals surface area contributed by atoms with Gasteiger partial charge in [0.25, 0.3) is 0 Å². The summed E-state index contributed by atoms with van der Waals surface area (Å²) in [6.45, 7) is 6.42. The summed E-state index contributed by atoms with van der Waals surface area (Å²) in [5.74, 6) is -0.204. The fourth-order valence-electron chi connectivity index (χ4n) is 2.53. The Labute approximate surface area is 125 Å². The molecule has 2 rings (SSSR count). The van der Waals surface area contributed by atoms with E-state index >= 15 is 0 Å². The molecule has 5 nitrogen and oxygen atoms in total. The average molecular weight is 289 g/mol. The maximum atomic E-state index is 12.4. The van der Waals surface area contributed by atoms with Gasteiger partial charge in [-0.1, -0.05) is 44.5 Å². The number of amidine groups is 1. The molecule has 1 saturated carbocycles. The van der Waals surface area contributed by atoms with Crippen molar-refractivity contribution in [1.82, 2.24) is 0 Å². The topological polar surface area (TPSA) is 87.7 Å². The van der Waals surface area contributed by atoms with Crippen molar-refractivity contribution in [3.63, 3.8) is 0 Å². The first kappa shape index (κ1) is 15.4. The van der Waals surface area contributed by atoms with Gasteiger partial charge in [-0.05, 0) is 36.0 Å². The van der Waals surface area contributed by atoms with E-state index in [1.807, 2.05) is 24.3 Å². The van der Waals surface area contributed by atoms with E-state index < -0.39 is 5.41 Å². The summed E-state index contributed by atoms with van der Waals surface area (Å²) in [4.78, 5) is 12.4. The molecule has 0 atom stereocenters. The molecule has 1 aromatic rings. The Morgan fingerprint density at radius 3 is 2.24 bits per heavy atom. The molecule has 21 heavy (non-hydrogen) atoms. The highest BCUT2D eigenvalue weighted by atomic mass is 16.4. The van der Waals surface area contributed by atoms with E-state index in [9.17, 15) is 4.79 Å². The number of oxime groups is 1. The van der Waals surface area contributed by atoms with Crippen LogP contribution in [0.1, 0.15) is 45.6 Å². The van der Waals surface area contributed by atoms with Crippen LogP contribution in [0.3, 0.4) is 0 Å². The highest BCUT2D eigenvalue weighted by Crippen LogP contribution is 2.42. The zero-order valence-corrected chi connectivity index (χ0v) is 12.8. The van der Waals surface area contributed by atoms with Crippen LogP contribution in [-0.2, 0) is 10.2 Å². The highest BCUT2D eigenvalue weighted by molar-refractivity contribution is 6.12. The molecule has 114 valence electrons. The maximum absolute atomic E-state index is 12.4. The third kappa shape index (κ3) is 2.86. The lowest BCUT2D eigenvalue weighted by atomic mass is 9.67. The first-order valence-electron chi connectivity index (χ1n) is 7.19. The average Bonchev–Trinajstić information content (AvgIpc) is 2.36. The zero-order valence-electron chi connectivity index (χ0n) is 12.8. The summed E-state index contributed by atoms with van der Waals surface area (Å²) < 4.78 is 0. The number of carbonyl (C=O) groups excluding carboxylic acids is 1. The van der Waals surface area contributed by atoms with E-state index in [4.69, 9.17) is 10.9 Å². The van der Waals surface area contributed by atoms with Crippen molar-refractivity contribution in [2.24, 2.45) is 16.3 Å². The minimum Gasteiger partial charge on any atom is -0.409 e. The molecule has 1 amide bonds. The van der Waals surface area contributed by atoms with Crippen molar-refractivity contribution in [2.75, 3.05) is 5.32 Å². The van der Waals surface area contributed by atoms with Crippen molar-refractivity contribution in [3.05, 3.63) is 29.8 Å². The lowest BCUT2D eigenvalue weighted by molar-refractivity contribution is -0.125. The van der Waals surface area contributed by atoms with Gasteiger partial charge in [0.15, 0.2) is 5.84 Å². The van der Waals surface area contributed by atoms with Crippen molar-refractivity contribution in [3.8, 4) is 0 Å². The van der Waals surface area contributed by atoms with E-state index in [1.54, 1.807) is 0 Å². The molecule has 0 bridgehead atoms. The molecule has 0 spiro atoms. The number of anilines is 1. The molecule has 0 aliphatic heterocycles. The van der Waals surface area contributed by atoms with E-state index in [1.165, 1.54) is 5.56 Å². The maximum Gasteiger partial charge on any atom is 0.238 e. The van der Waals surface area contributed by atoms with Crippen molar-refractivity contribution in [1.29, 1.82) is 0 Å². The number of hydrogen-bond donors (Lipinski definition) is 3. The second-order valence-corrected chi connectivity index (χ2v) is 6.70. The van der Waals surface area contributed by atoms with Gasteiger partial charge < -0.3 is 16.3 Å². The second-order valence-electron chi connectivity index (χ2n) is 6.70. The van der Waals surface area contributed by atoms with Gasteiger partial charge >= 0.3 is 0 Å². The fraction of sp³-hybridized carbons (Fsp3) is 0.500. The van der Waals surface area contributed by atoms with Crippen molar-refractivity contribution in [2.45, 2.75) is 45.4 Å². The van der Waals surface area contributed by atoms with Crippen LogP contribution in [0.5, 0.6) is 0 Å². The highest BCUT2D eigenvalue weighted by Gasteiger charge is 2.48. The molecule has 0 unspecified atom stereocenters. The Balaban J connectivity index is 2.13. The van der Waals surface area contributed by atoms with Crippen molar-refractivity contribution < 1.29 is 10.0 Å². The van der Waals surface area contributed by atoms with Crippen LogP contribution in [-0.4, -0.2) is 17.0 Å². The van der Waals surface area contributed by atoms with Crippen LogP contribution in [0.4, 0.5) is 5.69 Å². The number of nitrogens with one attached hydrogen (secondary N) is 1. The minimum atomic E-state index is -0.850. The number of carbonyl (C=O) groups is 1. The summed E-state index contributed by atoms with van der Waals surface area (Å²) in [5, 5.41) is 14.8. The first-order chi connectivity index (χ1) is 9.79. The van der Waals surface area contributed by atoms with Crippen LogP contribution in [0, 0.1) is 5.41 Å². The standard InChI is InChI=1S/C16H23N3O2/c1-15(2,3)11-5-7-12(8-6-11)18-14(20)16(9-4-10-16)13(17)19-21/h5-8,21H,4,9-10H2,1-3H3,(H2,17,19)(H,18,20). The van der Waals surface area contributed by atoms with Gasteiger partial charge in [-0.25, -0.2) is 0 Å². The van der Waals surface area contributed by atoms with E-state index in [2.05, 4.69) is 31.2 Å². The second kappa shape index (κ2) is 5.39. The molecule has 1 aromatic carbocycles. The van der Waals surface area contributed by atoms with Crippen LogP contribution in [0.25, 0.3) is 0 Å². The number of nitrogens with zero attached hydrogens (tertiary/aromatic N) is 1. The normalized spacial score (nSPS) is 18.0. The van der Waals surface area contributed by atoms with Crippen LogP contribution in [0.2, 0.25) is 0 Å². The zero-order chi connectivity index (χ0) is 15.7. The summed E-state index contributed by atoms with van der Waals surface area (Å²) in [7, 11) is 0. The number of hydrogen-bond acceptors (Lipinski definition) is 3. The Hall–Kier alpha value is -2.04. The summed E-state index contributed by atoms with van der Waals surface area (Å²) >= 11 is 0. The van der Waals surface area contributed by atoms with Gasteiger partial charge in [0.1, 0.15) is 5.41 Å². The van der Waals surface area contributed by atoms with Gasteiger partial charge in [0.05, 0.1) is 0 Å². The summed E-state index contributed by atoms with van der Waals surface area (Å²) in [5.41, 5.74) is 6.84. The molecular weight excluding hydrogens is 266 g/mol. The van der Waals surface area contributed by atoms with Crippen molar-refractivity contribution >= 4 is 17.4 Å². The third-order valence-electron chi connectivity index (χ3n) is 4.25. The summed E-state index contributed by atoms with van der Waals surface area (Å²) in [6.07, 6.45) is 2.15. The van der Waals surface area contributed by atoms with Crippen LogP contribution in [0.15, 0.2) is 29.4 Å². The molecule has 5 heteroatoms. The quantitative estimate of drug-likeness (QED) is 0.346. The monoisotopic (exact) mass is 289 g/mol. The Bertz CT molecular complexity index is 552. The molecule has 1 fully saturated rings. The summed E-state index contributed by atoms with van der Waals surface area (Å²) in [6, 6.07) is 7.79. The van der Waals surface area contributed by atoms with E-state index in [0.29, 0.717) is 12.8 Å². The third-order valence-corrected chi connectivity index (χ3v) is 4.25. The molecular formula is C16H23N3O2. The molecule has 4 N–H and O–H groups in total. The lowest BCUT2D eigenvalue weighted by Crippen LogP contribution is -2.51. The molecule has 1 aliphatic carbocycles. The van der Waals surface area contributed by atoms with E-state index in [0.717, 1.165) is 12.1 Å². The number of benzene rings is 1. The number of rotatable bonds is 3. The predicted molar refractivity (Wildman–Crippen MR) is 83.5 cm³/mol. The molecule has 0 aromatic heterocycles. The predicted octanol–water partition coefficient (Wildman–Crippen LogP) is 2.84. The van der Waals surface area contributed by atoms with Gasteiger partial charge in [0.2, 0.25) is 5.91 Å². The van der Waals surface area contributed by atoms with Crippen LogP contribution < -0.4 is 11.1 Å². The van der Waals surface area contributed by atoms with Gasteiger partial charge in [-0.3, -0.25) is 4.79 Å². The molecule has 0 radical (unpaired) electrons.